The molecule has 1 atom stereocenters. The quantitative estimate of drug-likeness (QED) is 0.178. The molecule has 0 aliphatic carbocycles. The van der Waals surface area contributed by atoms with Gasteiger partial charge in [0.15, 0.2) is 6.23 Å². The first kappa shape index (κ1) is 12.2. The fourth-order valence-electron chi connectivity index (χ4n) is 0.750. The van der Waals surface area contributed by atoms with Crippen molar-refractivity contribution >= 4 is 6.47 Å². The van der Waals surface area contributed by atoms with Crippen LogP contribution in [0.4, 0.5) is 0 Å². The van der Waals surface area contributed by atoms with Crippen LogP contribution in [0.2, 0.25) is 0 Å². The second-order valence-corrected chi connectivity index (χ2v) is 2.27. The van der Waals surface area contributed by atoms with Crippen LogP contribution in [-0.2, 0) is 4.79 Å². The van der Waals surface area contributed by atoms with E-state index in [9.17, 15) is 0 Å². The topological polar surface area (TPSA) is 133 Å². The zero-order chi connectivity index (χ0) is 10.5. The molecule has 1 saturated heterocycles. The zero-order valence-electron chi connectivity index (χ0n) is 6.66. The van der Waals surface area contributed by atoms with Crippen LogP contribution in [0.1, 0.15) is 0 Å². The molecule has 6 N–H and O–H groups in total. The van der Waals surface area contributed by atoms with Crippen molar-refractivity contribution in [1.82, 2.24) is 10.4 Å². The van der Waals surface area contributed by atoms with Crippen LogP contribution in [0.25, 0.3) is 0 Å². The number of nitrogens with one attached hydrogen (secondary N) is 1. The molecule has 0 saturated carbocycles. The van der Waals surface area contributed by atoms with Crippen LogP contribution in [0.5, 0.6) is 0 Å². The van der Waals surface area contributed by atoms with Crippen LogP contribution in [0.15, 0.2) is 0 Å². The van der Waals surface area contributed by atoms with Crippen molar-refractivity contribution in [2.75, 3.05) is 13.1 Å². The monoisotopic (exact) mass is 196 g/mol. The number of carboxylic acid groups (broad SMARTS) is 1. The lowest BCUT2D eigenvalue weighted by molar-refractivity contribution is -0.406. The lowest BCUT2D eigenvalue weighted by atomic mass is 10.3. The van der Waals surface area contributed by atoms with Crippen molar-refractivity contribution in [2.24, 2.45) is 0 Å². The molecule has 0 bridgehead atoms. The average Bonchev–Trinajstić information content (AvgIpc) is 2.03. The van der Waals surface area contributed by atoms with E-state index in [4.69, 9.17) is 30.4 Å². The molecule has 1 heterocycles. The largest absolute Gasteiger partial charge is 0.483 e. The number of hydrogen-bond donors (Lipinski definition) is 6. The van der Waals surface area contributed by atoms with E-state index >= 15 is 0 Å². The number of carbonyl (C=O) groups is 1. The van der Waals surface area contributed by atoms with E-state index in [0.717, 1.165) is 0 Å². The predicted octanol–water partition coefficient (Wildman–Crippen LogP) is -3.06. The fraction of sp³-hybridized carbons (Fsp3) is 0.800. The molecule has 0 aromatic rings. The SMILES string of the molecule is O=CO.OC1NCCN(O)C1(O)O. The van der Waals surface area contributed by atoms with Gasteiger partial charge in [0.05, 0.1) is 0 Å². The summed E-state index contributed by atoms with van der Waals surface area (Å²) < 4.78 is 0. The van der Waals surface area contributed by atoms with Gasteiger partial charge in [0.25, 0.3) is 12.4 Å². The van der Waals surface area contributed by atoms with Gasteiger partial charge in [-0.2, -0.15) is 0 Å². The molecule has 0 aromatic carbocycles. The average molecular weight is 196 g/mol. The summed E-state index contributed by atoms with van der Waals surface area (Å²) in [5.41, 5.74) is 0. The van der Waals surface area contributed by atoms with Crippen LogP contribution >= 0.6 is 0 Å². The summed E-state index contributed by atoms with van der Waals surface area (Å²) >= 11 is 0. The number of hydroxylamine groups is 2. The molecule has 1 fully saturated rings. The summed E-state index contributed by atoms with van der Waals surface area (Å²) in [7, 11) is 0. The Hall–Kier alpha value is -0.770. The third kappa shape index (κ3) is 3.22. The molecule has 1 aliphatic rings. The second-order valence-electron chi connectivity index (χ2n) is 2.27. The third-order valence-corrected chi connectivity index (χ3v) is 1.41. The zero-order valence-corrected chi connectivity index (χ0v) is 6.66. The smallest absolute Gasteiger partial charge is 0.290 e. The third-order valence-electron chi connectivity index (χ3n) is 1.41. The summed E-state index contributed by atoms with van der Waals surface area (Å²) in [6.07, 6.45) is -1.54. The van der Waals surface area contributed by atoms with Gasteiger partial charge in [-0.3, -0.25) is 10.1 Å². The van der Waals surface area contributed by atoms with Crippen molar-refractivity contribution < 1.29 is 30.4 Å². The molecule has 8 heteroatoms. The lowest BCUT2D eigenvalue weighted by Crippen LogP contribution is -2.66. The minimum absolute atomic E-state index is 0.0596. The maximum atomic E-state index is 8.83. The second kappa shape index (κ2) is 5.07. The van der Waals surface area contributed by atoms with Gasteiger partial charge in [0, 0.05) is 13.1 Å². The van der Waals surface area contributed by atoms with Crippen LogP contribution in [0, 0.1) is 0 Å². The van der Waals surface area contributed by atoms with Gasteiger partial charge in [-0.05, 0) is 0 Å². The van der Waals surface area contributed by atoms with Crippen molar-refractivity contribution in [3.05, 3.63) is 0 Å². The first-order chi connectivity index (χ1) is 5.96. The van der Waals surface area contributed by atoms with E-state index in [-0.39, 0.29) is 18.1 Å². The van der Waals surface area contributed by atoms with Crippen molar-refractivity contribution in [3.8, 4) is 0 Å². The minimum Gasteiger partial charge on any atom is -0.483 e. The van der Waals surface area contributed by atoms with Gasteiger partial charge in [0.2, 0.25) is 0 Å². The Balaban J connectivity index is 0.000000424. The van der Waals surface area contributed by atoms with E-state index in [0.29, 0.717) is 6.54 Å². The number of hydrogen-bond acceptors (Lipinski definition) is 7. The van der Waals surface area contributed by atoms with Crippen LogP contribution in [-0.4, -0.2) is 62.4 Å². The van der Waals surface area contributed by atoms with Gasteiger partial charge in [0.1, 0.15) is 0 Å². The highest BCUT2D eigenvalue weighted by atomic mass is 16.7. The van der Waals surface area contributed by atoms with E-state index in [1.165, 1.54) is 0 Å². The maximum absolute atomic E-state index is 8.83. The van der Waals surface area contributed by atoms with E-state index < -0.39 is 12.1 Å². The summed E-state index contributed by atoms with van der Waals surface area (Å²) in [6.45, 7) is 0.116. The number of nitrogens with zero attached hydrogens (tertiary/aromatic N) is 1. The minimum atomic E-state index is -2.57. The molecular formula is C5H12N2O6. The Kier molecular flexibility index (Phi) is 4.77. The van der Waals surface area contributed by atoms with Gasteiger partial charge in [-0.1, -0.05) is 0 Å². The normalized spacial score (nSPS) is 27.2. The van der Waals surface area contributed by atoms with Crippen LogP contribution in [0.3, 0.4) is 0 Å². The summed E-state index contributed by atoms with van der Waals surface area (Å²) in [6, 6.07) is 0. The first-order valence-electron chi connectivity index (χ1n) is 3.37. The molecule has 1 aliphatic heterocycles. The molecule has 78 valence electrons. The highest BCUT2D eigenvalue weighted by Gasteiger charge is 2.42. The Labute approximate surface area is 73.6 Å². The number of piperazine rings is 1. The van der Waals surface area contributed by atoms with E-state index in [1.54, 1.807) is 0 Å². The summed E-state index contributed by atoms with van der Waals surface area (Å²) in [4.78, 5) is 8.36. The number of aliphatic hydroxyl groups excluding tert-OH is 1. The molecule has 1 rings (SSSR count). The molecule has 8 nitrogen and oxygen atoms in total. The van der Waals surface area contributed by atoms with Gasteiger partial charge < -0.3 is 25.6 Å². The number of rotatable bonds is 0. The molecule has 0 radical (unpaired) electrons. The van der Waals surface area contributed by atoms with Crippen LogP contribution < -0.4 is 5.32 Å². The Bertz CT molecular complexity index is 151. The van der Waals surface area contributed by atoms with E-state index in [1.807, 2.05) is 0 Å². The Morgan fingerprint density at radius 1 is 1.54 bits per heavy atom. The fourth-order valence-corrected chi connectivity index (χ4v) is 0.750. The first-order valence-corrected chi connectivity index (χ1v) is 3.37. The van der Waals surface area contributed by atoms with Crippen molar-refractivity contribution in [3.63, 3.8) is 0 Å². The van der Waals surface area contributed by atoms with Crippen molar-refractivity contribution in [2.45, 2.75) is 12.1 Å². The number of aliphatic hydroxyl groups is 3. The molecule has 0 aromatic heterocycles. The molecule has 0 spiro atoms. The van der Waals surface area contributed by atoms with Gasteiger partial charge in [-0.15, -0.1) is 5.06 Å². The summed E-state index contributed by atoms with van der Waals surface area (Å²) in [5, 5.41) is 44.7. The molecule has 13 heavy (non-hydrogen) atoms. The standard InChI is InChI=1S/C4H10N2O4.CH2O2/c7-3-4(8,9)6(10)2-1-5-3;2-1-3/h3,5,7-10H,1-2H2;1H,(H,2,3). The van der Waals surface area contributed by atoms with Gasteiger partial charge >= 0.3 is 0 Å². The highest BCUT2D eigenvalue weighted by molar-refractivity contribution is 5.32. The van der Waals surface area contributed by atoms with Crippen molar-refractivity contribution in [1.29, 1.82) is 0 Å². The lowest BCUT2D eigenvalue weighted by Gasteiger charge is -2.38. The maximum Gasteiger partial charge on any atom is 0.290 e. The van der Waals surface area contributed by atoms with E-state index in [2.05, 4.69) is 5.32 Å². The Morgan fingerprint density at radius 3 is 2.31 bits per heavy atom. The van der Waals surface area contributed by atoms with Gasteiger partial charge in [-0.25, -0.2) is 0 Å². The molecular weight excluding hydrogens is 184 g/mol. The summed E-state index contributed by atoms with van der Waals surface area (Å²) in [5.74, 6) is -2.57. The highest BCUT2D eigenvalue weighted by Crippen LogP contribution is 2.11. The molecule has 1 unspecified atom stereocenters. The Morgan fingerprint density at radius 2 is 2.00 bits per heavy atom. The molecule has 0 amide bonds. The predicted molar refractivity (Wildman–Crippen MR) is 38.4 cm³/mol.